The molecule has 0 aromatic rings. The van der Waals surface area contributed by atoms with Gasteiger partial charge in [0, 0.05) is 0 Å². The number of primary sulfonamides is 1. The summed E-state index contributed by atoms with van der Waals surface area (Å²) < 4.78 is 41.7. The molecule has 9 heteroatoms. The summed E-state index contributed by atoms with van der Waals surface area (Å²) in [7, 11) is -8.73. The van der Waals surface area contributed by atoms with Gasteiger partial charge < -0.3 is 0 Å². The van der Waals surface area contributed by atoms with Gasteiger partial charge in [-0.3, -0.25) is 0 Å². The Kier molecular flexibility index (Phi) is 5.33. The summed E-state index contributed by atoms with van der Waals surface area (Å²) in [6, 6.07) is 0. The summed E-state index contributed by atoms with van der Waals surface area (Å²) in [5, 5.41) is 4.63. The third-order valence-corrected chi connectivity index (χ3v) is 8.08. The first-order valence-electron chi connectivity index (χ1n) is 4.18. The van der Waals surface area contributed by atoms with E-state index in [1.165, 1.54) is 0 Å². The van der Waals surface area contributed by atoms with Crippen LogP contribution in [0.3, 0.4) is 0 Å². The minimum Gasteiger partial charge on any atom is -0.225 e. The van der Waals surface area contributed by atoms with Gasteiger partial charge in [0.25, 0.3) is 10.0 Å². The van der Waals surface area contributed by atoms with Gasteiger partial charge in [0.2, 0.25) is 9.84 Å². The van der Waals surface area contributed by atoms with Gasteiger partial charge in [-0.2, -0.15) is 0 Å². The molecule has 2 N–H and O–H groups in total. The molecule has 0 amide bonds. The van der Waals surface area contributed by atoms with Crippen molar-refractivity contribution in [2.75, 3.05) is 5.75 Å². The van der Waals surface area contributed by atoms with E-state index in [1.807, 2.05) is 6.92 Å². The van der Waals surface area contributed by atoms with E-state index >= 15 is 0 Å². The Hall–Kier alpha value is 0.440. The Labute approximate surface area is 99.9 Å². The van der Waals surface area contributed by atoms with Crippen LogP contribution in [0.25, 0.3) is 0 Å². The fourth-order valence-electron chi connectivity index (χ4n) is 0.838. The highest BCUT2D eigenvalue weighted by atomic mass is 35.5. The smallest absolute Gasteiger partial charge is 0.225 e. The lowest BCUT2D eigenvalue weighted by atomic mass is 10.3. The van der Waals surface area contributed by atoms with E-state index in [-0.39, 0.29) is 0 Å². The zero-order chi connectivity index (χ0) is 12.3. The van der Waals surface area contributed by atoms with Crippen molar-refractivity contribution in [1.82, 2.24) is 0 Å². The average molecular weight is 298 g/mol. The first-order chi connectivity index (χ1) is 6.56. The van der Waals surface area contributed by atoms with Crippen molar-refractivity contribution in [1.29, 1.82) is 0 Å². The van der Waals surface area contributed by atoms with Crippen LogP contribution in [0.2, 0.25) is 0 Å². The highest BCUT2D eigenvalue weighted by Crippen LogP contribution is 2.33. The zero-order valence-corrected chi connectivity index (χ0v) is 11.3. The quantitative estimate of drug-likeness (QED) is 0.584. The molecule has 0 unspecified atom stereocenters. The average Bonchev–Trinajstić information content (AvgIpc) is 2.02. The SMILES string of the molecule is CCCCCS(=O)(=O)C(Cl)(Cl)S(N)(=O)=O. The Morgan fingerprint density at radius 1 is 1.13 bits per heavy atom. The van der Waals surface area contributed by atoms with E-state index < -0.39 is 28.6 Å². The van der Waals surface area contributed by atoms with Crippen molar-refractivity contribution in [2.24, 2.45) is 5.14 Å². The fourth-order valence-corrected chi connectivity index (χ4v) is 3.79. The lowest BCUT2D eigenvalue weighted by Gasteiger charge is -2.17. The van der Waals surface area contributed by atoms with Gasteiger partial charge in [0.15, 0.2) is 0 Å². The minimum absolute atomic E-state index is 0.301. The van der Waals surface area contributed by atoms with E-state index in [0.29, 0.717) is 12.8 Å². The highest BCUT2D eigenvalue weighted by Gasteiger charge is 2.50. The molecule has 5 nitrogen and oxygen atoms in total. The predicted molar refractivity (Wildman–Crippen MR) is 60.9 cm³/mol. The Morgan fingerprint density at radius 2 is 1.60 bits per heavy atom. The van der Waals surface area contributed by atoms with Gasteiger partial charge in [0.1, 0.15) is 0 Å². The van der Waals surface area contributed by atoms with Crippen LogP contribution in [0.1, 0.15) is 26.2 Å². The molecule has 0 aliphatic heterocycles. The summed E-state index contributed by atoms with van der Waals surface area (Å²) in [6.45, 7) is 1.88. The molecule has 15 heavy (non-hydrogen) atoms. The second kappa shape index (κ2) is 5.18. The number of nitrogens with two attached hydrogens (primary N) is 1. The maximum atomic E-state index is 11.5. The maximum absolute atomic E-state index is 11.5. The molecule has 0 bridgehead atoms. The first kappa shape index (κ1) is 15.4. The summed E-state index contributed by atoms with van der Waals surface area (Å²) in [4.78, 5) is 0. The number of unbranched alkanes of at least 4 members (excludes halogenated alkanes) is 2. The van der Waals surface area contributed by atoms with Gasteiger partial charge in [-0.15, -0.1) is 0 Å². The number of rotatable bonds is 6. The molecule has 0 spiro atoms. The van der Waals surface area contributed by atoms with Crippen LogP contribution in [0.5, 0.6) is 0 Å². The topological polar surface area (TPSA) is 94.3 Å². The fraction of sp³-hybridized carbons (Fsp3) is 1.00. The molecular weight excluding hydrogens is 285 g/mol. The molecule has 0 aromatic heterocycles. The number of halogens is 2. The van der Waals surface area contributed by atoms with Gasteiger partial charge >= 0.3 is 3.00 Å². The van der Waals surface area contributed by atoms with Crippen LogP contribution >= 0.6 is 23.2 Å². The number of sulfone groups is 1. The lowest BCUT2D eigenvalue weighted by Crippen LogP contribution is -2.41. The van der Waals surface area contributed by atoms with Gasteiger partial charge in [-0.05, 0) is 6.42 Å². The molecule has 0 saturated heterocycles. The van der Waals surface area contributed by atoms with E-state index in [9.17, 15) is 16.8 Å². The van der Waals surface area contributed by atoms with Crippen LogP contribution in [-0.4, -0.2) is 25.6 Å². The lowest BCUT2D eigenvalue weighted by molar-refractivity contribution is 0.579. The molecule has 0 fully saturated rings. The second-order valence-corrected chi connectivity index (χ2v) is 9.47. The van der Waals surface area contributed by atoms with Crippen LogP contribution in [0.4, 0.5) is 0 Å². The molecule has 0 radical (unpaired) electrons. The van der Waals surface area contributed by atoms with Crippen LogP contribution in [-0.2, 0) is 19.9 Å². The summed E-state index contributed by atoms with van der Waals surface area (Å²) in [6.07, 6.45) is 1.74. The molecule has 0 rings (SSSR count). The van der Waals surface area contributed by atoms with E-state index in [2.05, 4.69) is 5.14 Å². The molecule has 0 atom stereocenters. The van der Waals surface area contributed by atoms with E-state index in [0.717, 1.165) is 6.42 Å². The molecule has 0 saturated carbocycles. The molecule has 0 aliphatic carbocycles. The monoisotopic (exact) mass is 297 g/mol. The molecule has 0 aromatic carbocycles. The highest BCUT2D eigenvalue weighted by molar-refractivity contribution is 8.13. The molecule has 92 valence electrons. The Morgan fingerprint density at radius 3 is 1.93 bits per heavy atom. The van der Waals surface area contributed by atoms with Crippen molar-refractivity contribution >= 4 is 43.1 Å². The van der Waals surface area contributed by atoms with Crippen LogP contribution in [0, 0.1) is 0 Å². The number of sulfonamides is 1. The van der Waals surface area contributed by atoms with E-state index in [4.69, 9.17) is 23.2 Å². The van der Waals surface area contributed by atoms with Gasteiger partial charge in [-0.25, -0.2) is 22.0 Å². The third kappa shape index (κ3) is 3.74. The van der Waals surface area contributed by atoms with Crippen molar-refractivity contribution in [3.8, 4) is 0 Å². The van der Waals surface area contributed by atoms with Gasteiger partial charge in [-0.1, -0.05) is 43.0 Å². The summed E-state index contributed by atoms with van der Waals surface area (Å²) in [5.74, 6) is -0.399. The van der Waals surface area contributed by atoms with Crippen LogP contribution in [0.15, 0.2) is 0 Å². The number of alkyl halides is 2. The van der Waals surface area contributed by atoms with Crippen molar-refractivity contribution in [3.63, 3.8) is 0 Å². The summed E-state index contributed by atoms with van der Waals surface area (Å²) >= 11 is 10.5. The third-order valence-electron chi connectivity index (χ3n) is 1.71. The maximum Gasteiger partial charge on any atom is 0.332 e. The first-order valence-corrected chi connectivity index (χ1v) is 8.14. The number of hydrogen-bond donors (Lipinski definition) is 1. The zero-order valence-electron chi connectivity index (χ0n) is 8.11. The normalized spacial score (nSPS) is 14.1. The second-order valence-electron chi connectivity index (χ2n) is 3.03. The molecule has 0 aliphatic rings. The van der Waals surface area contributed by atoms with Crippen LogP contribution < -0.4 is 5.14 Å². The summed E-state index contributed by atoms with van der Waals surface area (Å²) in [5.41, 5.74) is 0. The predicted octanol–water partition coefficient (Wildman–Crippen LogP) is 0.969. The van der Waals surface area contributed by atoms with Gasteiger partial charge in [0.05, 0.1) is 5.75 Å². The molecule has 0 heterocycles. The minimum atomic E-state index is -4.55. The Balaban J connectivity index is 4.89. The Bertz CT molecular complexity index is 401. The standard InChI is InChI=1S/C6H13Cl2NO4S2/c1-2-3-4-5-14(10,11)6(7,8)15(9,12)13/h2-5H2,1H3,(H2,9,12,13). The molecular formula is C6H13Cl2NO4S2. The largest absolute Gasteiger partial charge is 0.332 e. The van der Waals surface area contributed by atoms with Crippen molar-refractivity contribution in [3.05, 3.63) is 0 Å². The van der Waals surface area contributed by atoms with Crippen molar-refractivity contribution in [2.45, 2.75) is 29.2 Å². The van der Waals surface area contributed by atoms with Crippen molar-refractivity contribution < 1.29 is 16.8 Å². The number of hydrogen-bond acceptors (Lipinski definition) is 4. The van der Waals surface area contributed by atoms with E-state index in [1.54, 1.807) is 0 Å².